The van der Waals surface area contributed by atoms with Gasteiger partial charge in [0.1, 0.15) is 19.0 Å². The molecule has 7 aromatic rings. The van der Waals surface area contributed by atoms with Crippen LogP contribution in [0.1, 0.15) is 0 Å². The Balaban J connectivity index is 0.000000132. The van der Waals surface area contributed by atoms with Crippen molar-refractivity contribution < 1.29 is 0 Å². The van der Waals surface area contributed by atoms with E-state index in [1.807, 2.05) is 36.4 Å². The highest BCUT2D eigenvalue weighted by Crippen LogP contribution is 2.19. The van der Waals surface area contributed by atoms with Crippen LogP contribution in [0.3, 0.4) is 0 Å². The maximum absolute atomic E-state index is 3.56. The summed E-state index contributed by atoms with van der Waals surface area (Å²) in [6.45, 7) is 0. The third-order valence-electron chi connectivity index (χ3n) is 6.04. The van der Waals surface area contributed by atoms with E-state index in [9.17, 15) is 0 Å². The average Bonchev–Trinajstić information content (AvgIpc) is 3.12. The van der Waals surface area contributed by atoms with Gasteiger partial charge in [-0.3, -0.25) is 0 Å². The largest absolute Gasteiger partial charge is 0.225 e. The van der Waals surface area contributed by atoms with Crippen LogP contribution in [0.4, 0.5) is 0 Å². The molecule has 204 valence electrons. The van der Waals surface area contributed by atoms with E-state index in [0.29, 0.717) is 0 Å². The number of hydrogen-bond acceptors (Lipinski definition) is 3. The number of nitrogens with zero attached hydrogens (tertiary/aromatic N) is 3. The minimum Gasteiger partial charge on any atom is -0.225 e. The fourth-order valence-electron chi connectivity index (χ4n) is 3.99. The van der Waals surface area contributed by atoms with E-state index in [1.54, 1.807) is 0 Å². The number of hydrogen-bond donors (Lipinski definition) is 0. The van der Waals surface area contributed by atoms with Crippen molar-refractivity contribution in [3.8, 4) is 33.4 Å². The maximum atomic E-state index is 3.56. The lowest BCUT2D eigenvalue weighted by Gasteiger charge is -1.98. The molecule has 0 saturated carbocycles. The topological polar surface area (TPSA) is 38.7 Å². The van der Waals surface area contributed by atoms with Gasteiger partial charge in [-0.2, -0.15) is 0 Å². The molecule has 42 heavy (non-hydrogen) atoms. The molecule has 3 heteroatoms. The molecule has 0 amide bonds. The molecule has 1 aromatic heterocycles. The first-order valence-corrected chi connectivity index (χ1v) is 13.8. The second-order valence-corrected chi connectivity index (χ2v) is 8.99. The average molecular weight is 544 g/mol. The van der Waals surface area contributed by atoms with Crippen LogP contribution in [0, 0.1) is 0 Å². The number of rotatable bonds is 3. The van der Waals surface area contributed by atoms with Gasteiger partial charge in [-0.05, 0) is 33.4 Å². The van der Waals surface area contributed by atoms with Crippen molar-refractivity contribution in [2.45, 2.75) is 0 Å². The van der Waals surface area contributed by atoms with Crippen molar-refractivity contribution in [3.63, 3.8) is 0 Å². The monoisotopic (exact) mass is 543 g/mol. The van der Waals surface area contributed by atoms with E-state index >= 15 is 0 Å². The zero-order valence-corrected chi connectivity index (χ0v) is 23.4. The minimum absolute atomic E-state index is 1.28. The molecule has 6 aromatic carbocycles. The fraction of sp³-hybridized carbons (Fsp3) is 0. The van der Waals surface area contributed by atoms with Crippen molar-refractivity contribution >= 4 is 0 Å². The summed E-state index contributed by atoms with van der Waals surface area (Å²) in [6, 6.07) is 62.3. The Labute approximate surface area is 248 Å². The highest BCUT2D eigenvalue weighted by molar-refractivity contribution is 5.64. The third kappa shape index (κ3) is 10.5. The number of aromatic nitrogens is 3. The van der Waals surface area contributed by atoms with E-state index in [-0.39, 0.29) is 0 Å². The second kappa shape index (κ2) is 17.8. The molecule has 1 heterocycles. The lowest BCUT2D eigenvalue weighted by atomic mass is 10.1. The van der Waals surface area contributed by atoms with Gasteiger partial charge in [0.2, 0.25) is 0 Å². The van der Waals surface area contributed by atoms with Gasteiger partial charge >= 0.3 is 0 Å². The summed E-state index contributed by atoms with van der Waals surface area (Å²) in [5.74, 6) is 0. The van der Waals surface area contributed by atoms with Crippen molar-refractivity contribution in [1.29, 1.82) is 0 Å². The van der Waals surface area contributed by atoms with Crippen LogP contribution in [-0.4, -0.2) is 15.0 Å². The minimum atomic E-state index is 1.28. The van der Waals surface area contributed by atoms with Gasteiger partial charge in [0.05, 0.1) is 0 Å². The van der Waals surface area contributed by atoms with Gasteiger partial charge in [0.15, 0.2) is 0 Å². The summed E-state index contributed by atoms with van der Waals surface area (Å²) in [4.78, 5) is 10.7. The lowest BCUT2D eigenvalue weighted by molar-refractivity contribution is 1.05. The van der Waals surface area contributed by atoms with Crippen molar-refractivity contribution in [1.82, 2.24) is 15.0 Å². The van der Waals surface area contributed by atoms with Crippen molar-refractivity contribution in [2.75, 3.05) is 0 Å². The molecule has 0 fully saturated rings. The standard InChI is InChI=1S/3C12H10.C3H3N3/c3*1-3-7-11(8-4-1)12-9-5-2-6-10-12;1-4-2-6-3-5-1/h3*1-10H;1-3H. The highest BCUT2D eigenvalue weighted by atomic mass is 14.9. The Morgan fingerprint density at radius 3 is 0.452 bits per heavy atom. The van der Waals surface area contributed by atoms with Crippen LogP contribution in [0.2, 0.25) is 0 Å². The van der Waals surface area contributed by atoms with E-state index in [1.165, 1.54) is 52.4 Å². The molecule has 0 aliphatic rings. The van der Waals surface area contributed by atoms with E-state index < -0.39 is 0 Å². The van der Waals surface area contributed by atoms with Gasteiger partial charge in [0.25, 0.3) is 0 Å². The van der Waals surface area contributed by atoms with E-state index in [4.69, 9.17) is 0 Å². The second-order valence-electron chi connectivity index (χ2n) is 8.99. The molecule has 7 rings (SSSR count). The van der Waals surface area contributed by atoms with Crippen LogP contribution in [0.25, 0.3) is 33.4 Å². The zero-order chi connectivity index (χ0) is 28.9. The summed E-state index contributed by atoms with van der Waals surface area (Å²) in [6.07, 6.45) is 4.31. The van der Waals surface area contributed by atoms with Gasteiger partial charge in [0, 0.05) is 0 Å². The molecule has 0 bridgehead atoms. The molecule has 0 saturated heterocycles. The van der Waals surface area contributed by atoms with Gasteiger partial charge in [-0.15, -0.1) is 0 Å². The van der Waals surface area contributed by atoms with Gasteiger partial charge in [-0.1, -0.05) is 182 Å². The van der Waals surface area contributed by atoms with Crippen molar-refractivity contribution in [2.24, 2.45) is 0 Å². The Bertz CT molecular complexity index is 1300. The first-order chi connectivity index (χ1) is 20.9. The Morgan fingerprint density at radius 1 is 0.190 bits per heavy atom. The van der Waals surface area contributed by atoms with Crippen molar-refractivity contribution in [3.05, 3.63) is 201 Å². The first-order valence-electron chi connectivity index (χ1n) is 13.8. The fourth-order valence-corrected chi connectivity index (χ4v) is 3.99. The zero-order valence-electron chi connectivity index (χ0n) is 23.4. The maximum Gasteiger partial charge on any atom is 0.119 e. The molecular weight excluding hydrogens is 510 g/mol. The molecule has 0 N–H and O–H groups in total. The summed E-state index contributed by atoms with van der Waals surface area (Å²) >= 11 is 0. The predicted molar refractivity (Wildman–Crippen MR) is 175 cm³/mol. The summed E-state index contributed by atoms with van der Waals surface area (Å²) in [5.41, 5.74) is 7.66. The molecule has 0 aliphatic heterocycles. The summed E-state index contributed by atoms with van der Waals surface area (Å²) in [7, 11) is 0. The third-order valence-corrected chi connectivity index (χ3v) is 6.04. The summed E-state index contributed by atoms with van der Waals surface area (Å²) in [5, 5.41) is 0. The van der Waals surface area contributed by atoms with Crippen LogP contribution in [0.5, 0.6) is 0 Å². The highest BCUT2D eigenvalue weighted by Gasteiger charge is 1.93. The van der Waals surface area contributed by atoms with Gasteiger partial charge < -0.3 is 0 Å². The van der Waals surface area contributed by atoms with Crippen LogP contribution in [0.15, 0.2) is 201 Å². The Kier molecular flexibility index (Phi) is 12.4. The summed E-state index contributed by atoms with van der Waals surface area (Å²) < 4.78 is 0. The van der Waals surface area contributed by atoms with Gasteiger partial charge in [-0.25, -0.2) is 15.0 Å². The first kappa shape index (κ1) is 29.3. The molecule has 3 nitrogen and oxygen atoms in total. The van der Waals surface area contributed by atoms with Crippen LogP contribution < -0.4 is 0 Å². The SMILES string of the molecule is c1ccc(-c2ccccc2)cc1.c1ccc(-c2ccccc2)cc1.c1ccc(-c2ccccc2)cc1.c1ncncn1. The quantitative estimate of drug-likeness (QED) is 0.223. The molecule has 0 unspecified atom stereocenters. The van der Waals surface area contributed by atoms with Crippen LogP contribution >= 0.6 is 0 Å². The predicted octanol–water partition coefficient (Wildman–Crippen LogP) is 9.93. The molecule has 0 aliphatic carbocycles. The Hall–Kier alpha value is -5.67. The lowest BCUT2D eigenvalue weighted by Crippen LogP contribution is -1.73. The number of benzene rings is 6. The molecular formula is C39H33N3. The smallest absolute Gasteiger partial charge is 0.119 e. The van der Waals surface area contributed by atoms with Crippen LogP contribution in [-0.2, 0) is 0 Å². The molecule has 0 spiro atoms. The normalized spacial score (nSPS) is 9.43. The Morgan fingerprint density at radius 2 is 0.333 bits per heavy atom. The van der Waals surface area contributed by atoms with E-state index in [2.05, 4.69) is 161 Å². The van der Waals surface area contributed by atoms with E-state index in [0.717, 1.165) is 0 Å². The molecule has 0 atom stereocenters. The molecule has 0 radical (unpaired) electrons.